The van der Waals surface area contributed by atoms with Crippen molar-refractivity contribution in [2.75, 3.05) is 6.54 Å². The molecule has 0 bridgehead atoms. The molecule has 0 unspecified atom stereocenters. The summed E-state index contributed by atoms with van der Waals surface area (Å²) in [6.07, 6.45) is 5.60. The molecule has 0 saturated heterocycles. The van der Waals surface area contributed by atoms with Crippen LogP contribution < -0.4 is 4.80 Å². The third-order valence-electron chi connectivity index (χ3n) is 3.19. The van der Waals surface area contributed by atoms with E-state index in [0.29, 0.717) is 6.54 Å². The minimum atomic E-state index is 0.593. The molecule has 1 aromatic carbocycles. The number of hydrogen-bond acceptors (Lipinski definition) is 3. The third kappa shape index (κ3) is 2.98. The highest BCUT2D eigenvalue weighted by Gasteiger charge is 2.03. The number of H-pyrrole nitrogens is 1. The Balaban J connectivity index is 2.02. The second-order valence-electron chi connectivity index (χ2n) is 4.78. The molecular weight excluding hydrogens is 360 g/mol. The number of rotatable bonds is 4. The lowest BCUT2D eigenvalue weighted by Crippen LogP contribution is -2.12. The molecule has 3 rings (SSSR count). The second-order valence-corrected chi connectivity index (χ2v) is 6.53. The highest BCUT2D eigenvalue weighted by molar-refractivity contribution is 9.10. The van der Waals surface area contributed by atoms with E-state index in [1.54, 1.807) is 17.4 Å². The normalized spacial score (nSPS) is 12.5. The molecule has 2 heterocycles. The van der Waals surface area contributed by atoms with Crippen molar-refractivity contribution in [2.45, 2.75) is 6.92 Å². The molecule has 3 aromatic rings. The smallest absolute Gasteiger partial charge is 0.206 e. The number of benzene rings is 1. The zero-order chi connectivity index (χ0) is 15.5. The Morgan fingerprint density at radius 3 is 3.14 bits per heavy atom. The van der Waals surface area contributed by atoms with E-state index in [1.807, 2.05) is 41.5 Å². The topological polar surface area (TPSA) is 45.4 Å². The minimum Gasteiger partial charge on any atom is -0.361 e. The van der Waals surface area contributed by atoms with E-state index in [0.717, 1.165) is 31.4 Å². The van der Waals surface area contributed by atoms with Crippen LogP contribution in [0.5, 0.6) is 0 Å². The molecule has 0 spiro atoms. The predicted octanol–water partition coefficient (Wildman–Crippen LogP) is 4.07. The number of hydrogen-bond donors (Lipinski definition) is 1. The molecule has 6 heteroatoms. The van der Waals surface area contributed by atoms with Crippen molar-refractivity contribution in [1.29, 1.82) is 0 Å². The molecule has 0 radical (unpaired) electrons. The first-order valence-electron chi connectivity index (χ1n) is 6.78. The quantitative estimate of drug-likeness (QED) is 0.528. The van der Waals surface area contributed by atoms with Gasteiger partial charge < -0.3 is 4.98 Å². The highest BCUT2D eigenvalue weighted by atomic mass is 79.9. The van der Waals surface area contributed by atoms with Crippen molar-refractivity contribution in [1.82, 2.24) is 9.66 Å². The van der Waals surface area contributed by atoms with Crippen molar-refractivity contribution < 1.29 is 0 Å². The Labute approximate surface area is 140 Å². The molecule has 0 aliphatic heterocycles. The van der Waals surface area contributed by atoms with Crippen LogP contribution in [0.3, 0.4) is 0 Å². The Morgan fingerprint density at radius 1 is 1.45 bits per heavy atom. The molecule has 112 valence electrons. The lowest BCUT2D eigenvalue weighted by Gasteiger charge is -1.97. The molecule has 0 saturated carbocycles. The maximum absolute atomic E-state index is 4.58. The molecule has 0 fully saturated rings. The van der Waals surface area contributed by atoms with E-state index < -0.39 is 0 Å². The van der Waals surface area contributed by atoms with Gasteiger partial charge in [-0.15, -0.1) is 17.9 Å². The predicted molar refractivity (Wildman–Crippen MR) is 96.7 cm³/mol. The lowest BCUT2D eigenvalue weighted by atomic mass is 10.2. The van der Waals surface area contributed by atoms with Gasteiger partial charge in [0, 0.05) is 32.5 Å². The van der Waals surface area contributed by atoms with Gasteiger partial charge in [0.2, 0.25) is 4.80 Å². The van der Waals surface area contributed by atoms with Gasteiger partial charge in [-0.1, -0.05) is 22.0 Å². The van der Waals surface area contributed by atoms with Gasteiger partial charge in [-0.25, -0.2) is 4.68 Å². The van der Waals surface area contributed by atoms with E-state index in [2.05, 4.69) is 43.7 Å². The summed E-state index contributed by atoms with van der Waals surface area (Å²) in [6, 6.07) is 6.15. The van der Waals surface area contributed by atoms with Gasteiger partial charge in [-0.2, -0.15) is 5.10 Å². The van der Waals surface area contributed by atoms with Crippen LogP contribution in [-0.2, 0) is 0 Å². The largest absolute Gasteiger partial charge is 0.361 e. The van der Waals surface area contributed by atoms with Crippen molar-refractivity contribution in [3.8, 4) is 0 Å². The lowest BCUT2D eigenvalue weighted by molar-refractivity contribution is 0.799. The summed E-state index contributed by atoms with van der Waals surface area (Å²) in [5, 5.41) is 7.76. The van der Waals surface area contributed by atoms with E-state index in [1.165, 1.54) is 0 Å². The third-order valence-corrected chi connectivity index (χ3v) is 4.66. The fourth-order valence-electron chi connectivity index (χ4n) is 2.12. The van der Waals surface area contributed by atoms with Gasteiger partial charge in [0.15, 0.2) is 0 Å². The number of aromatic amines is 1. The van der Waals surface area contributed by atoms with Crippen molar-refractivity contribution in [3.63, 3.8) is 0 Å². The summed E-state index contributed by atoms with van der Waals surface area (Å²) in [5.41, 5.74) is 3.20. The van der Waals surface area contributed by atoms with Gasteiger partial charge in [-0.3, -0.25) is 4.99 Å². The minimum absolute atomic E-state index is 0.593. The molecule has 1 N–H and O–H groups in total. The SMILES string of the molecule is C=CCN=c1scc(C)n1N=Cc1c[nH]c2ccc(Br)cc12. The summed E-state index contributed by atoms with van der Waals surface area (Å²) in [4.78, 5) is 8.58. The molecule has 2 aromatic heterocycles. The summed E-state index contributed by atoms with van der Waals surface area (Å²) >= 11 is 5.09. The first kappa shape index (κ1) is 15.0. The monoisotopic (exact) mass is 374 g/mol. The summed E-state index contributed by atoms with van der Waals surface area (Å²) in [6.45, 7) is 6.31. The molecule has 0 atom stereocenters. The first-order chi connectivity index (χ1) is 10.7. The maximum atomic E-state index is 4.58. The van der Waals surface area contributed by atoms with E-state index >= 15 is 0 Å². The van der Waals surface area contributed by atoms with Gasteiger partial charge in [0.05, 0.1) is 18.5 Å². The van der Waals surface area contributed by atoms with Crippen molar-refractivity contribution in [3.05, 3.63) is 63.0 Å². The Kier molecular flexibility index (Phi) is 4.40. The van der Waals surface area contributed by atoms with Crippen molar-refractivity contribution in [2.24, 2.45) is 10.1 Å². The van der Waals surface area contributed by atoms with Crippen LogP contribution in [0.4, 0.5) is 0 Å². The zero-order valence-electron chi connectivity index (χ0n) is 12.1. The van der Waals surface area contributed by atoms with Crippen LogP contribution in [0, 0.1) is 6.92 Å². The van der Waals surface area contributed by atoms with Gasteiger partial charge in [-0.05, 0) is 25.1 Å². The average molecular weight is 375 g/mol. The Bertz CT molecular complexity index is 914. The van der Waals surface area contributed by atoms with Crippen LogP contribution in [0.2, 0.25) is 0 Å². The summed E-state index contributed by atoms with van der Waals surface area (Å²) < 4.78 is 2.90. The number of aromatic nitrogens is 2. The Hall–Kier alpha value is -1.92. The molecule has 0 aliphatic rings. The van der Waals surface area contributed by atoms with E-state index in [4.69, 9.17) is 0 Å². The van der Waals surface area contributed by atoms with Crippen LogP contribution in [0.15, 0.2) is 57.0 Å². The summed E-state index contributed by atoms with van der Waals surface area (Å²) in [5.74, 6) is 0. The molecule has 22 heavy (non-hydrogen) atoms. The molecule has 0 amide bonds. The average Bonchev–Trinajstić information content (AvgIpc) is 3.06. The zero-order valence-corrected chi connectivity index (χ0v) is 14.5. The first-order valence-corrected chi connectivity index (χ1v) is 8.46. The number of aryl methyl sites for hydroxylation is 1. The number of nitrogens with zero attached hydrogens (tertiary/aromatic N) is 3. The fraction of sp³-hybridized carbons (Fsp3) is 0.125. The van der Waals surface area contributed by atoms with Crippen LogP contribution in [0.25, 0.3) is 10.9 Å². The maximum Gasteiger partial charge on any atom is 0.206 e. The second kappa shape index (κ2) is 6.46. The summed E-state index contributed by atoms with van der Waals surface area (Å²) in [7, 11) is 0. The Morgan fingerprint density at radius 2 is 2.32 bits per heavy atom. The fourth-order valence-corrected chi connectivity index (χ4v) is 3.29. The van der Waals surface area contributed by atoms with Crippen LogP contribution in [0.1, 0.15) is 11.3 Å². The van der Waals surface area contributed by atoms with Crippen LogP contribution >= 0.6 is 27.3 Å². The van der Waals surface area contributed by atoms with Crippen molar-refractivity contribution >= 4 is 44.4 Å². The number of thiazole rings is 1. The van der Waals surface area contributed by atoms with Gasteiger partial charge in [0.25, 0.3) is 0 Å². The van der Waals surface area contributed by atoms with Gasteiger partial charge in [0.1, 0.15) is 0 Å². The van der Waals surface area contributed by atoms with Gasteiger partial charge >= 0.3 is 0 Å². The van der Waals surface area contributed by atoms with Crippen LogP contribution in [-0.4, -0.2) is 22.4 Å². The number of fused-ring (bicyclic) bond motifs is 1. The standard InChI is InChI=1S/C16H15BrN4S/c1-3-6-18-16-21(11(2)10-22-16)20-9-12-8-19-15-5-4-13(17)7-14(12)15/h3-5,7-10,19H,1,6H2,2H3. The van der Waals surface area contributed by atoms with E-state index in [-0.39, 0.29) is 0 Å². The molecule has 4 nitrogen and oxygen atoms in total. The highest BCUT2D eigenvalue weighted by Crippen LogP contribution is 2.21. The number of nitrogens with one attached hydrogen (secondary N) is 1. The molecular formula is C16H15BrN4S. The molecule has 0 aliphatic carbocycles. The number of halogens is 1. The van der Waals surface area contributed by atoms with E-state index in [9.17, 15) is 0 Å².